The Labute approximate surface area is 164 Å². The molecule has 27 heavy (non-hydrogen) atoms. The minimum Gasteiger partial charge on any atom is -0.356 e. The third-order valence-corrected chi connectivity index (χ3v) is 5.36. The molecule has 0 saturated carbocycles. The van der Waals surface area contributed by atoms with Gasteiger partial charge in [-0.2, -0.15) is 0 Å². The molecule has 7 heteroatoms. The number of hydrogen-bond donors (Lipinski definition) is 1. The summed E-state index contributed by atoms with van der Waals surface area (Å²) >= 11 is 1.49. The summed E-state index contributed by atoms with van der Waals surface area (Å²) in [6.45, 7) is 4.36. The topological polar surface area (TPSA) is 65.0 Å². The first-order valence-electron chi connectivity index (χ1n) is 8.91. The number of likely N-dealkylation sites (N-methyl/N-ethyl adjacent to an activating group) is 1. The number of benzene rings is 1. The number of amides is 2. The highest BCUT2D eigenvalue weighted by molar-refractivity contribution is 8.16. The lowest BCUT2D eigenvalue weighted by Gasteiger charge is -2.37. The number of carbonyl (C=O) groups excluding carboxylic acids is 2. The lowest BCUT2D eigenvalue weighted by atomic mass is 9.93. The van der Waals surface area contributed by atoms with Crippen molar-refractivity contribution in [2.24, 2.45) is 4.99 Å². The van der Waals surface area contributed by atoms with E-state index in [0.717, 1.165) is 16.4 Å². The molecule has 1 aromatic carbocycles. The number of nitrogens with one attached hydrogen (secondary N) is 1. The van der Waals surface area contributed by atoms with E-state index in [1.807, 2.05) is 54.5 Å². The Bertz CT molecular complexity index is 843. The SMILES string of the molecule is CCNC(=O)CC1=CSC2=NC(C)=C(C(=O)N(C)C)C(c3ccccc3)N12. The molecule has 1 atom stereocenters. The summed E-state index contributed by atoms with van der Waals surface area (Å²) in [5.74, 6) is -0.109. The van der Waals surface area contributed by atoms with Crippen LogP contribution < -0.4 is 5.32 Å². The highest BCUT2D eigenvalue weighted by Gasteiger charge is 2.40. The van der Waals surface area contributed by atoms with Gasteiger partial charge in [-0.15, -0.1) is 0 Å². The first-order chi connectivity index (χ1) is 12.9. The Kier molecular flexibility index (Phi) is 5.70. The van der Waals surface area contributed by atoms with E-state index in [2.05, 4.69) is 10.3 Å². The minimum absolute atomic E-state index is 0.0378. The van der Waals surface area contributed by atoms with E-state index in [1.165, 1.54) is 11.8 Å². The molecule has 142 valence electrons. The second kappa shape index (κ2) is 8.00. The van der Waals surface area contributed by atoms with Crippen LogP contribution in [0.15, 0.2) is 57.7 Å². The first-order valence-corrected chi connectivity index (χ1v) is 9.79. The smallest absolute Gasteiger partial charge is 0.253 e. The second-order valence-electron chi connectivity index (χ2n) is 6.63. The molecule has 1 N–H and O–H groups in total. The van der Waals surface area contributed by atoms with Gasteiger partial charge in [0.2, 0.25) is 5.91 Å². The molecule has 0 aromatic heterocycles. The molecule has 0 aliphatic carbocycles. The van der Waals surface area contributed by atoms with Crippen LogP contribution in [0.25, 0.3) is 0 Å². The molecule has 1 aromatic rings. The maximum absolute atomic E-state index is 13.0. The molecule has 0 saturated heterocycles. The average Bonchev–Trinajstić information content (AvgIpc) is 3.02. The normalized spacial score (nSPS) is 18.7. The number of allylic oxidation sites excluding steroid dienone is 1. The molecule has 2 amide bonds. The maximum atomic E-state index is 13.0. The molecule has 2 heterocycles. The van der Waals surface area contributed by atoms with Gasteiger partial charge in [0.15, 0.2) is 5.17 Å². The Hall–Kier alpha value is -2.54. The summed E-state index contributed by atoms with van der Waals surface area (Å²) in [5, 5.41) is 5.60. The Balaban J connectivity index is 2.06. The number of thioether (sulfide) groups is 1. The van der Waals surface area contributed by atoms with Gasteiger partial charge in [0.25, 0.3) is 5.91 Å². The van der Waals surface area contributed by atoms with Gasteiger partial charge in [0.1, 0.15) is 0 Å². The third-order valence-electron chi connectivity index (χ3n) is 4.47. The van der Waals surface area contributed by atoms with E-state index in [0.29, 0.717) is 17.8 Å². The monoisotopic (exact) mass is 384 g/mol. The molecular formula is C20H24N4O2S. The van der Waals surface area contributed by atoms with Crippen molar-refractivity contribution in [1.29, 1.82) is 0 Å². The van der Waals surface area contributed by atoms with Crippen molar-refractivity contribution < 1.29 is 9.59 Å². The van der Waals surface area contributed by atoms with Crippen molar-refractivity contribution in [1.82, 2.24) is 15.1 Å². The van der Waals surface area contributed by atoms with Crippen molar-refractivity contribution in [3.05, 3.63) is 58.3 Å². The molecule has 0 fully saturated rings. The number of aliphatic imine (C=N–C) groups is 1. The maximum Gasteiger partial charge on any atom is 0.253 e. The van der Waals surface area contributed by atoms with Crippen LogP contribution in [0.3, 0.4) is 0 Å². The summed E-state index contributed by atoms with van der Waals surface area (Å²) in [6.07, 6.45) is 0.256. The average molecular weight is 385 g/mol. The largest absolute Gasteiger partial charge is 0.356 e. The molecule has 0 bridgehead atoms. The summed E-state index contributed by atoms with van der Waals surface area (Å²) < 4.78 is 0. The second-order valence-corrected chi connectivity index (χ2v) is 7.47. The molecule has 0 spiro atoms. The fraction of sp³-hybridized carbons (Fsp3) is 0.350. The number of amidine groups is 1. The van der Waals surface area contributed by atoms with Gasteiger partial charge in [-0.25, -0.2) is 4.99 Å². The Morgan fingerprint density at radius 1 is 1.26 bits per heavy atom. The van der Waals surface area contributed by atoms with E-state index in [4.69, 9.17) is 0 Å². The van der Waals surface area contributed by atoms with Crippen molar-refractivity contribution in [3.63, 3.8) is 0 Å². The summed E-state index contributed by atoms with van der Waals surface area (Å²) in [6, 6.07) is 9.60. The lowest BCUT2D eigenvalue weighted by Crippen LogP contribution is -2.40. The zero-order valence-corrected chi connectivity index (χ0v) is 16.8. The quantitative estimate of drug-likeness (QED) is 0.848. The predicted octanol–water partition coefficient (Wildman–Crippen LogP) is 2.88. The van der Waals surface area contributed by atoms with E-state index in [-0.39, 0.29) is 24.3 Å². The van der Waals surface area contributed by atoms with Crippen LogP contribution in [0.2, 0.25) is 0 Å². The molecule has 2 aliphatic rings. The van der Waals surface area contributed by atoms with Crippen LogP contribution >= 0.6 is 11.8 Å². The highest BCUT2D eigenvalue weighted by Crippen LogP contribution is 2.44. The van der Waals surface area contributed by atoms with Gasteiger partial charge in [-0.05, 0) is 24.8 Å². The third kappa shape index (κ3) is 3.78. The molecule has 3 rings (SSSR count). The molecule has 6 nitrogen and oxygen atoms in total. The zero-order valence-electron chi connectivity index (χ0n) is 16.0. The Morgan fingerprint density at radius 2 is 1.96 bits per heavy atom. The fourth-order valence-corrected chi connectivity index (χ4v) is 4.22. The van der Waals surface area contributed by atoms with Crippen molar-refractivity contribution >= 4 is 28.7 Å². The molecule has 2 aliphatic heterocycles. The molecular weight excluding hydrogens is 360 g/mol. The lowest BCUT2D eigenvalue weighted by molar-refractivity contribution is -0.125. The molecule has 0 radical (unpaired) electrons. The van der Waals surface area contributed by atoms with Gasteiger partial charge < -0.3 is 15.1 Å². The fourth-order valence-electron chi connectivity index (χ4n) is 3.26. The van der Waals surface area contributed by atoms with Crippen molar-refractivity contribution in [2.75, 3.05) is 20.6 Å². The van der Waals surface area contributed by atoms with Crippen molar-refractivity contribution in [3.8, 4) is 0 Å². The van der Waals surface area contributed by atoms with E-state index in [9.17, 15) is 9.59 Å². The van der Waals surface area contributed by atoms with Crippen LogP contribution in [-0.4, -0.2) is 47.4 Å². The Morgan fingerprint density at radius 3 is 2.59 bits per heavy atom. The highest BCUT2D eigenvalue weighted by atomic mass is 32.2. The van der Waals surface area contributed by atoms with Crippen LogP contribution in [-0.2, 0) is 9.59 Å². The van der Waals surface area contributed by atoms with Crippen LogP contribution in [0.1, 0.15) is 31.9 Å². The summed E-state index contributed by atoms with van der Waals surface area (Å²) in [5.41, 5.74) is 3.21. The predicted molar refractivity (Wildman–Crippen MR) is 109 cm³/mol. The van der Waals surface area contributed by atoms with Gasteiger partial charge in [0.05, 0.1) is 23.7 Å². The minimum atomic E-state index is -0.302. The number of fused-ring (bicyclic) bond motifs is 1. The zero-order chi connectivity index (χ0) is 19.6. The number of hydrogen-bond acceptors (Lipinski definition) is 5. The number of carbonyl (C=O) groups is 2. The standard InChI is InChI=1S/C20H24N4O2S/c1-5-21-16(25)11-15-12-27-20-22-13(2)17(19(26)23(3)4)18(24(15)20)14-9-7-6-8-10-14/h6-10,12,18H,5,11H2,1-4H3,(H,21,25). The summed E-state index contributed by atoms with van der Waals surface area (Å²) in [7, 11) is 3.49. The van der Waals surface area contributed by atoms with Gasteiger partial charge in [-0.1, -0.05) is 42.1 Å². The summed E-state index contributed by atoms with van der Waals surface area (Å²) in [4.78, 5) is 33.4. The number of rotatable bonds is 5. The van der Waals surface area contributed by atoms with E-state index in [1.54, 1.807) is 19.0 Å². The van der Waals surface area contributed by atoms with Crippen LogP contribution in [0.5, 0.6) is 0 Å². The van der Waals surface area contributed by atoms with E-state index >= 15 is 0 Å². The first kappa shape index (κ1) is 19.2. The van der Waals surface area contributed by atoms with Gasteiger partial charge >= 0.3 is 0 Å². The van der Waals surface area contributed by atoms with Crippen LogP contribution in [0.4, 0.5) is 0 Å². The van der Waals surface area contributed by atoms with Gasteiger partial charge in [0, 0.05) is 26.3 Å². The van der Waals surface area contributed by atoms with Crippen LogP contribution in [0, 0.1) is 0 Å². The van der Waals surface area contributed by atoms with Crippen molar-refractivity contribution in [2.45, 2.75) is 26.3 Å². The molecule has 1 unspecified atom stereocenters. The van der Waals surface area contributed by atoms with E-state index < -0.39 is 0 Å². The number of nitrogens with zero attached hydrogens (tertiary/aromatic N) is 3. The van der Waals surface area contributed by atoms with Gasteiger partial charge in [-0.3, -0.25) is 9.59 Å².